The van der Waals surface area contributed by atoms with Gasteiger partial charge in [-0.3, -0.25) is 4.57 Å². The van der Waals surface area contributed by atoms with Crippen molar-refractivity contribution in [2.24, 2.45) is 0 Å². The standard InChI is InChI=1S/C25H27N3/c1-16(2)20-11-8-12-21(17(3)4)24(20)28-23-14-6-5-13-22(23)27-25(28)18-9-7-10-19(26)15-18/h5-17H,26H2,1-4H3. The molecule has 0 aliphatic rings. The number of nitrogens with zero attached hydrogens (tertiary/aromatic N) is 2. The highest BCUT2D eigenvalue weighted by Gasteiger charge is 2.21. The van der Waals surface area contributed by atoms with Crippen LogP contribution in [0.5, 0.6) is 0 Å². The number of rotatable bonds is 4. The molecule has 0 unspecified atom stereocenters. The van der Waals surface area contributed by atoms with Gasteiger partial charge in [0.05, 0.1) is 16.7 Å². The molecular formula is C25H27N3. The van der Waals surface area contributed by atoms with Gasteiger partial charge in [-0.05, 0) is 47.2 Å². The molecule has 0 aliphatic carbocycles. The number of nitrogen functional groups attached to an aromatic ring is 1. The Morgan fingerprint density at radius 3 is 2.07 bits per heavy atom. The predicted octanol–water partition coefficient (Wildman–Crippen LogP) is 6.52. The van der Waals surface area contributed by atoms with E-state index in [-0.39, 0.29) is 0 Å². The Hall–Kier alpha value is -3.07. The van der Waals surface area contributed by atoms with E-state index < -0.39 is 0 Å². The van der Waals surface area contributed by atoms with Gasteiger partial charge in [0.2, 0.25) is 0 Å². The molecule has 4 aromatic rings. The van der Waals surface area contributed by atoms with Gasteiger partial charge in [0.1, 0.15) is 5.82 Å². The van der Waals surface area contributed by atoms with Crippen LogP contribution in [0.4, 0.5) is 5.69 Å². The lowest BCUT2D eigenvalue weighted by molar-refractivity contribution is 0.811. The minimum Gasteiger partial charge on any atom is -0.399 e. The van der Waals surface area contributed by atoms with Crippen molar-refractivity contribution in [3.63, 3.8) is 0 Å². The Morgan fingerprint density at radius 2 is 1.43 bits per heavy atom. The van der Waals surface area contributed by atoms with Crippen LogP contribution >= 0.6 is 0 Å². The molecule has 28 heavy (non-hydrogen) atoms. The number of imidazole rings is 1. The van der Waals surface area contributed by atoms with Crippen molar-refractivity contribution >= 4 is 16.7 Å². The normalized spacial score (nSPS) is 11.6. The van der Waals surface area contributed by atoms with Crippen LogP contribution in [0.1, 0.15) is 50.7 Å². The van der Waals surface area contributed by atoms with Crippen LogP contribution in [0.15, 0.2) is 66.7 Å². The second-order valence-corrected chi connectivity index (χ2v) is 7.98. The van der Waals surface area contributed by atoms with Gasteiger partial charge in [-0.2, -0.15) is 0 Å². The summed E-state index contributed by atoms with van der Waals surface area (Å²) in [7, 11) is 0. The number of anilines is 1. The summed E-state index contributed by atoms with van der Waals surface area (Å²) in [5.41, 5.74) is 13.9. The summed E-state index contributed by atoms with van der Waals surface area (Å²) in [4.78, 5) is 5.01. The van der Waals surface area contributed by atoms with Gasteiger partial charge in [-0.25, -0.2) is 4.98 Å². The number of nitrogens with two attached hydrogens (primary N) is 1. The number of hydrogen-bond acceptors (Lipinski definition) is 2. The Morgan fingerprint density at radius 1 is 0.786 bits per heavy atom. The second-order valence-electron chi connectivity index (χ2n) is 7.98. The van der Waals surface area contributed by atoms with Gasteiger partial charge in [0.25, 0.3) is 0 Å². The molecule has 0 radical (unpaired) electrons. The summed E-state index contributed by atoms with van der Waals surface area (Å²) >= 11 is 0. The first-order valence-electron chi connectivity index (χ1n) is 9.94. The summed E-state index contributed by atoms with van der Waals surface area (Å²) in [6, 6.07) is 23.0. The molecule has 0 aliphatic heterocycles. The maximum absolute atomic E-state index is 6.10. The largest absolute Gasteiger partial charge is 0.399 e. The highest BCUT2D eigenvalue weighted by Crippen LogP contribution is 2.37. The smallest absolute Gasteiger partial charge is 0.145 e. The maximum Gasteiger partial charge on any atom is 0.145 e. The third-order valence-electron chi connectivity index (χ3n) is 5.27. The van der Waals surface area contributed by atoms with Crippen molar-refractivity contribution in [2.75, 3.05) is 5.73 Å². The van der Waals surface area contributed by atoms with Crippen molar-refractivity contribution < 1.29 is 0 Å². The second kappa shape index (κ2) is 7.16. The molecule has 0 atom stereocenters. The van der Waals surface area contributed by atoms with Crippen LogP contribution < -0.4 is 5.73 Å². The first-order valence-corrected chi connectivity index (χ1v) is 9.94. The van der Waals surface area contributed by atoms with Gasteiger partial charge >= 0.3 is 0 Å². The van der Waals surface area contributed by atoms with Gasteiger partial charge in [0, 0.05) is 11.3 Å². The fourth-order valence-electron chi connectivity index (χ4n) is 3.89. The van der Waals surface area contributed by atoms with E-state index in [0.717, 1.165) is 28.1 Å². The van der Waals surface area contributed by atoms with Crippen molar-refractivity contribution in [1.82, 2.24) is 9.55 Å². The SMILES string of the molecule is CC(C)c1cccc(C(C)C)c1-n1c(-c2cccc(N)c2)nc2ccccc21. The highest BCUT2D eigenvalue weighted by molar-refractivity contribution is 5.84. The molecule has 4 rings (SSSR count). The van der Waals surface area contributed by atoms with Crippen molar-refractivity contribution in [3.05, 3.63) is 77.9 Å². The highest BCUT2D eigenvalue weighted by atomic mass is 15.1. The van der Waals surface area contributed by atoms with Crippen molar-refractivity contribution in [3.8, 4) is 17.1 Å². The average molecular weight is 370 g/mol. The van der Waals surface area contributed by atoms with Crippen LogP contribution in [-0.2, 0) is 0 Å². The molecule has 3 heteroatoms. The molecular weight excluding hydrogens is 342 g/mol. The van der Waals surface area contributed by atoms with Crippen LogP contribution in [-0.4, -0.2) is 9.55 Å². The molecule has 0 saturated heterocycles. The lowest BCUT2D eigenvalue weighted by Crippen LogP contribution is -2.08. The third kappa shape index (κ3) is 3.07. The molecule has 0 spiro atoms. The topological polar surface area (TPSA) is 43.8 Å². The van der Waals surface area contributed by atoms with E-state index in [2.05, 4.69) is 74.7 Å². The molecule has 0 bridgehead atoms. The zero-order chi connectivity index (χ0) is 19.8. The fourth-order valence-corrected chi connectivity index (χ4v) is 3.89. The van der Waals surface area contributed by atoms with Gasteiger partial charge in [-0.15, -0.1) is 0 Å². The van der Waals surface area contributed by atoms with E-state index in [0.29, 0.717) is 11.8 Å². The third-order valence-corrected chi connectivity index (χ3v) is 5.27. The Bertz CT molecular complexity index is 1110. The summed E-state index contributed by atoms with van der Waals surface area (Å²) in [5, 5.41) is 0. The maximum atomic E-state index is 6.10. The predicted molar refractivity (Wildman–Crippen MR) is 119 cm³/mol. The van der Waals surface area contributed by atoms with E-state index in [9.17, 15) is 0 Å². The Balaban J connectivity index is 2.14. The van der Waals surface area contributed by atoms with E-state index in [1.165, 1.54) is 16.8 Å². The quantitative estimate of drug-likeness (QED) is 0.416. The van der Waals surface area contributed by atoms with Crippen LogP contribution in [0.3, 0.4) is 0 Å². The van der Waals surface area contributed by atoms with Gasteiger partial charge in [0.15, 0.2) is 0 Å². The zero-order valence-electron chi connectivity index (χ0n) is 17.0. The first kappa shape index (κ1) is 18.3. The van der Waals surface area contributed by atoms with E-state index in [1.54, 1.807) is 0 Å². The molecule has 3 aromatic carbocycles. The number of benzene rings is 3. The average Bonchev–Trinajstić information content (AvgIpc) is 3.06. The summed E-state index contributed by atoms with van der Waals surface area (Å²) in [6.45, 7) is 9.01. The molecule has 3 nitrogen and oxygen atoms in total. The molecule has 0 saturated carbocycles. The van der Waals surface area contributed by atoms with Crippen molar-refractivity contribution in [2.45, 2.75) is 39.5 Å². The monoisotopic (exact) mass is 369 g/mol. The molecule has 2 N–H and O–H groups in total. The summed E-state index contributed by atoms with van der Waals surface area (Å²) in [5.74, 6) is 1.75. The van der Waals surface area contributed by atoms with Crippen LogP contribution in [0.2, 0.25) is 0 Å². The fraction of sp³-hybridized carbons (Fsp3) is 0.240. The van der Waals surface area contributed by atoms with E-state index in [4.69, 9.17) is 10.7 Å². The Labute approximate surface area is 166 Å². The van der Waals surface area contributed by atoms with Gasteiger partial charge in [-0.1, -0.05) is 70.2 Å². The zero-order valence-corrected chi connectivity index (χ0v) is 17.0. The van der Waals surface area contributed by atoms with Crippen LogP contribution in [0, 0.1) is 0 Å². The number of para-hydroxylation sites is 3. The van der Waals surface area contributed by atoms with E-state index in [1.807, 2.05) is 24.3 Å². The number of aromatic nitrogens is 2. The van der Waals surface area contributed by atoms with Gasteiger partial charge < -0.3 is 5.73 Å². The minimum atomic E-state index is 0.406. The molecule has 142 valence electrons. The number of fused-ring (bicyclic) bond motifs is 1. The molecule has 0 fully saturated rings. The minimum absolute atomic E-state index is 0.406. The molecule has 1 aromatic heterocycles. The van der Waals surface area contributed by atoms with Crippen LogP contribution in [0.25, 0.3) is 28.1 Å². The van der Waals surface area contributed by atoms with Crippen molar-refractivity contribution in [1.29, 1.82) is 0 Å². The molecule has 1 heterocycles. The van der Waals surface area contributed by atoms with E-state index >= 15 is 0 Å². The first-order chi connectivity index (χ1) is 13.5. The number of hydrogen-bond donors (Lipinski definition) is 1. The lowest BCUT2D eigenvalue weighted by atomic mass is 9.92. The Kier molecular flexibility index (Phi) is 4.68. The lowest BCUT2D eigenvalue weighted by Gasteiger charge is -2.22. The molecule has 0 amide bonds. The summed E-state index contributed by atoms with van der Waals surface area (Å²) in [6.07, 6.45) is 0. The summed E-state index contributed by atoms with van der Waals surface area (Å²) < 4.78 is 2.33.